The SMILES string of the molecule is CN1CCN(C(=O)c2cccc(/C=C/c3cc4c(cn3)CCc3c-4nn4c3C(=O)NCC4)c2)CC1. The molecular weight excluding hydrogens is 440 g/mol. The molecule has 6 rings (SSSR count). The van der Waals surface area contributed by atoms with E-state index in [-0.39, 0.29) is 11.8 Å². The van der Waals surface area contributed by atoms with Crippen molar-refractivity contribution in [3.8, 4) is 11.3 Å². The first kappa shape index (κ1) is 21.7. The number of aryl methyl sites for hydroxylation is 1. The van der Waals surface area contributed by atoms with E-state index in [2.05, 4.69) is 28.3 Å². The van der Waals surface area contributed by atoms with E-state index in [1.807, 2.05) is 52.2 Å². The lowest BCUT2D eigenvalue weighted by atomic mass is 9.89. The Hall–Kier alpha value is -3.78. The molecule has 1 N–H and O–H groups in total. The van der Waals surface area contributed by atoms with Gasteiger partial charge in [-0.05, 0) is 55.3 Å². The molecule has 0 unspecified atom stereocenters. The molecule has 8 nitrogen and oxygen atoms in total. The molecule has 178 valence electrons. The van der Waals surface area contributed by atoms with Gasteiger partial charge in [0.15, 0.2) is 0 Å². The van der Waals surface area contributed by atoms with Gasteiger partial charge in [0, 0.05) is 55.6 Å². The van der Waals surface area contributed by atoms with Crippen LogP contribution in [0.15, 0.2) is 36.5 Å². The van der Waals surface area contributed by atoms with Crippen molar-refractivity contribution < 1.29 is 9.59 Å². The van der Waals surface area contributed by atoms with Crippen LogP contribution in [0, 0.1) is 0 Å². The Morgan fingerprint density at radius 3 is 2.77 bits per heavy atom. The molecule has 1 aliphatic carbocycles. The summed E-state index contributed by atoms with van der Waals surface area (Å²) in [6.45, 7) is 4.64. The maximum absolute atomic E-state index is 13.0. The number of nitrogens with zero attached hydrogens (tertiary/aromatic N) is 5. The van der Waals surface area contributed by atoms with Gasteiger partial charge >= 0.3 is 0 Å². The van der Waals surface area contributed by atoms with E-state index in [9.17, 15) is 9.59 Å². The molecule has 2 amide bonds. The van der Waals surface area contributed by atoms with E-state index in [1.165, 1.54) is 0 Å². The van der Waals surface area contributed by atoms with Crippen LogP contribution < -0.4 is 5.32 Å². The number of carbonyl (C=O) groups excluding carboxylic acids is 2. The lowest BCUT2D eigenvalue weighted by Crippen LogP contribution is -2.47. The van der Waals surface area contributed by atoms with E-state index >= 15 is 0 Å². The van der Waals surface area contributed by atoms with Crippen LogP contribution >= 0.6 is 0 Å². The third-order valence-corrected chi connectivity index (χ3v) is 7.15. The average molecular weight is 469 g/mol. The van der Waals surface area contributed by atoms with Crippen molar-refractivity contribution in [1.29, 1.82) is 0 Å². The first-order valence-corrected chi connectivity index (χ1v) is 12.2. The fourth-order valence-electron chi connectivity index (χ4n) is 5.15. The fraction of sp³-hybridized carbons (Fsp3) is 0.333. The fourth-order valence-corrected chi connectivity index (χ4v) is 5.15. The van der Waals surface area contributed by atoms with E-state index in [0.717, 1.165) is 72.7 Å². The lowest BCUT2D eigenvalue weighted by molar-refractivity contribution is 0.0664. The van der Waals surface area contributed by atoms with E-state index < -0.39 is 0 Å². The number of rotatable bonds is 3. The standard InChI is InChI=1S/C27H28N6O2/c1-31-11-13-32(14-12-31)27(35)19-4-2-3-18(15-19)5-7-21-16-23-20(17-29-21)6-8-22-24(23)30-33-10-9-28-26(34)25(22)33/h2-5,7,15-17H,6,8-14H2,1H3,(H,28,34)/b7-5+. The summed E-state index contributed by atoms with van der Waals surface area (Å²) in [5.74, 6) is 0.0502. The van der Waals surface area contributed by atoms with Gasteiger partial charge in [-0.25, -0.2) is 0 Å². The summed E-state index contributed by atoms with van der Waals surface area (Å²) in [6.07, 6.45) is 7.53. The van der Waals surface area contributed by atoms with Gasteiger partial charge in [-0.3, -0.25) is 19.3 Å². The second kappa shape index (κ2) is 8.78. The highest BCUT2D eigenvalue weighted by Gasteiger charge is 2.30. The van der Waals surface area contributed by atoms with Gasteiger partial charge < -0.3 is 15.1 Å². The van der Waals surface area contributed by atoms with Gasteiger partial charge in [0.1, 0.15) is 5.69 Å². The van der Waals surface area contributed by atoms with Gasteiger partial charge in [0.05, 0.1) is 17.9 Å². The summed E-state index contributed by atoms with van der Waals surface area (Å²) in [5, 5.41) is 7.71. The second-order valence-electron chi connectivity index (χ2n) is 9.48. The molecule has 0 atom stereocenters. The van der Waals surface area contributed by atoms with Crippen LogP contribution in [-0.2, 0) is 19.4 Å². The summed E-state index contributed by atoms with van der Waals surface area (Å²) < 4.78 is 1.84. The van der Waals surface area contributed by atoms with Crippen molar-refractivity contribution in [1.82, 2.24) is 29.9 Å². The molecular formula is C27H28N6O2. The number of hydrogen-bond donors (Lipinski definition) is 1. The minimum absolute atomic E-state index is 0.0337. The van der Waals surface area contributed by atoms with Crippen LogP contribution in [-0.4, -0.2) is 76.2 Å². The number of carbonyl (C=O) groups is 2. The van der Waals surface area contributed by atoms with Crippen molar-refractivity contribution >= 4 is 24.0 Å². The Labute approximate surface area is 204 Å². The Kier molecular flexibility index (Phi) is 5.45. The third-order valence-electron chi connectivity index (χ3n) is 7.15. The van der Waals surface area contributed by atoms with Gasteiger partial charge in [-0.1, -0.05) is 18.2 Å². The predicted molar refractivity (Wildman–Crippen MR) is 134 cm³/mol. The molecule has 0 saturated carbocycles. The first-order chi connectivity index (χ1) is 17.1. The summed E-state index contributed by atoms with van der Waals surface area (Å²) in [4.78, 5) is 34.2. The zero-order valence-electron chi connectivity index (χ0n) is 19.8. The molecule has 1 aromatic carbocycles. The molecule has 3 aliphatic rings. The Morgan fingerprint density at radius 1 is 1.06 bits per heavy atom. The molecule has 2 aliphatic heterocycles. The van der Waals surface area contributed by atoms with E-state index in [0.29, 0.717) is 24.3 Å². The summed E-state index contributed by atoms with van der Waals surface area (Å²) >= 11 is 0. The zero-order chi connectivity index (χ0) is 23.9. The molecule has 1 fully saturated rings. The maximum atomic E-state index is 13.0. The number of amides is 2. The smallest absolute Gasteiger partial charge is 0.269 e. The van der Waals surface area contributed by atoms with Crippen LogP contribution in [0.2, 0.25) is 0 Å². The molecule has 0 bridgehead atoms. The van der Waals surface area contributed by atoms with Crippen LogP contribution in [0.5, 0.6) is 0 Å². The topological polar surface area (TPSA) is 83.4 Å². The number of nitrogens with one attached hydrogen (secondary N) is 1. The van der Waals surface area contributed by atoms with Crippen molar-refractivity contribution in [3.63, 3.8) is 0 Å². The molecule has 0 spiro atoms. The summed E-state index contributed by atoms with van der Waals surface area (Å²) in [5.41, 5.74) is 7.33. The Bertz CT molecular complexity index is 1350. The molecule has 2 aromatic heterocycles. The van der Waals surface area contributed by atoms with Crippen LogP contribution in [0.4, 0.5) is 0 Å². The minimum Gasteiger partial charge on any atom is -0.349 e. The van der Waals surface area contributed by atoms with Gasteiger partial charge in [0.2, 0.25) is 0 Å². The van der Waals surface area contributed by atoms with Gasteiger partial charge in [0.25, 0.3) is 11.8 Å². The largest absolute Gasteiger partial charge is 0.349 e. The van der Waals surface area contributed by atoms with E-state index in [1.54, 1.807) is 0 Å². The molecule has 35 heavy (non-hydrogen) atoms. The molecule has 0 radical (unpaired) electrons. The van der Waals surface area contributed by atoms with Crippen LogP contribution in [0.3, 0.4) is 0 Å². The zero-order valence-corrected chi connectivity index (χ0v) is 19.8. The van der Waals surface area contributed by atoms with Gasteiger partial charge in [-0.2, -0.15) is 5.10 Å². The number of piperazine rings is 1. The molecule has 8 heteroatoms. The van der Waals surface area contributed by atoms with Crippen molar-refractivity contribution in [2.24, 2.45) is 0 Å². The number of likely N-dealkylation sites (N-methyl/N-ethyl adjacent to an activating group) is 1. The van der Waals surface area contributed by atoms with Crippen LogP contribution in [0.25, 0.3) is 23.4 Å². The average Bonchev–Trinajstić information content (AvgIpc) is 3.28. The second-order valence-corrected chi connectivity index (χ2v) is 9.48. The highest BCUT2D eigenvalue weighted by Crippen LogP contribution is 2.35. The lowest BCUT2D eigenvalue weighted by Gasteiger charge is -2.32. The first-order valence-electron chi connectivity index (χ1n) is 12.2. The highest BCUT2D eigenvalue weighted by molar-refractivity contribution is 5.97. The van der Waals surface area contributed by atoms with Gasteiger partial charge in [-0.15, -0.1) is 0 Å². The monoisotopic (exact) mass is 468 g/mol. The quantitative estimate of drug-likeness (QED) is 0.638. The predicted octanol–water partition coefficient (Wildman–Crippen LogP) is 2.35. The summed E-state index contributed by atoms with van der Waals surface area (Å²) in [7, 11) is 2.08. The highest BCUT2D eigenvalue weighted by atomic mass is 16.2. The number of aromatic nitrogens is 3. The molecule has 3 aromatic rings. The summed E-state index contributed by atoms with van der Waals surface area (Å²) in [6, 6.07) is 9.80. The normalized spacial score (nSPS) is 17.6. The Balaban J connectivity index is 1.25. The molecule has 4 heterocycles. The minimum atomic E-state index is -0.0337. The Morgan fingerprint density at radius 2 is 1.91 bits per heavy atom. The third kappa shape index (κ3) is 4.04. The number of fused-ring (bicyclic) bond motifs is 5. The van der Waals surface area contributed by atoms with E-state index in [4.69, 9.17) is 5.10 Å². The van der Waals surface area contributed by atoms with Crippen molar-refractivity contribution in [2.75, 3.05) is 39.8 Å². The molecule has 1 saturated heterocycles. The van der Waals surface area contributed by atoms with Crippen molar-refractivity contribution in [3.05, 3.63) is 70.2 Å². The number of hydrogen-bond acceptors (Lipinski definition) is 5. The number of benzene rings is 1. The maximum Gasteiger partial charge on any atom is 0.269 e. The van der Waals surface area contributed by atoms with Crippen molar-refractivity contribution in [2.45, 2.75) is 19.4 Å². The number of pyridine rings is 1. The van der Waals surface area contributed by atoms with Crippen LogP contribution in [0.1, 0.15) is 43.2 Å².